The van der Waals surface area contributed by atoms with Gasteiger partial charge in [0, 0.05) is 43.1 Å². The summed E-state index contributed by atoms with van der Waals surface area (Å²) in [5.74, 6) is 0.959. The second-order valence-corrected chi connectivity index (χ2v) is 5.54. The van der Waals surface area contributed by atoms with E-state index in [1.807, 2.05) is 23.1 Å². The Morgan fingerprint density at radius 2 is 1.77 bits per heavy atom. The summed E-state index contributed by atoms with van der Waals surface area (Å²) in [7, 11) is 0. The van der Waals surface area contributed by atoms with Gasteiger partial charge in [-0.1, -0.05) is 17.7 Å². The minimum absolute atomic E-state index is 0.0806. The molecule has 1 aliphatic heterocycles. The lowest BCUT2D eigenvalue weighted by atomic mass is 10.3. The Hall–Kier alpha value is -2.27. The molecule has 0 aliphatic carbocycles. The maximum atomic E-state index is 12.2. The summed E-state index contributed by atoms with van der Waals surface area (Å²) in [5.41, 5.74) is 0.751. The number of rotatable bonds is 2. The maximum absolute atomic E-state index is 12.2. The normalized spacial score (nSPS) is 14.8. The van der Waals surface area contributed by atoms with Crippen LogP contribution in [0.1, 0.15) is 0 Å². The van der Waals surface area contributed by atoms with E-state index >= 15 is 0 Å². The number of pyridine rings is 1. The van der Waals surface area contributed by atoms with E-state index in [0.29, 0.717) is 18.1 Å². The Balaban J connectivity index is 1.54. The molecule has 2 amide bonds. The number of benzene rings is 1. The largest absolute Gasteiger partial charge is 0.353 e. The predicted molar refractivity (Wildman–Crippen MR) is 88.5 cm³/mol. The van der Waals surface area contributed by atoms with Gasteiger partial charge in [-0.15, -0.1) is 0 Å². The minimum Gasteiger partial charge on any atom is -0.353 e. The molecule has 0 saturated carbocycles. The minimum atomic E-state index is -0.0806. The highest BCUT2D eigenvalue weighted by Crippen LogP contribution is 2.16. The fourth-order valence-corrected chi connectivity index (χ4v) is 2.54. The van der Waals surface area contributed by atoms with Gasteiger partial charge in [0.15, 0.2) is 0 Å². The van der Waals surface area contributed by atoms with Crippen molar-refractivity contribution in [2.24, 2.45) is 0 Å². The average Bonchev–Trinajstić information content (AvgIpc) is 2.58. The third-order valence-corrected chi connectivity index (χ3v) is 3.89. The molecule has 2 heterocycles. The number of carbonyl (C=O) groups excluding carboxylic acids is 1. The zero-order chi connectivity index (χ0) is 15.4. The number of halogens is 1. The molecule has 0 radical (unpaired) electrons. The molecular formula is C16H17ClN4O. The van der Waals surface area contributed by atoms with Crippen LogP contribution in [0.2, 0.25) is 5.02 Å². The van der Waals surface area contributed by atoms with Crippen molar-refractivity contribution in [3.05, 3.63) is 53.7 Å². The lowest BCUT2D eigenvalue weighted by molar-refractivity contribution is 0.208. The highest BCUT2D eigenvalue weighted by atomic mass is 35.5. The van der Waals surface area contributed by atoms with Crippen LogP contribution in [0.5, 0.6) is 0 Å². The van der Waals surface area contributed by atoms with E-state index in [-0.39, 0.29) is 6.03 Å². The van der Waals surface area contributed by atoms with Gasteiger partial charge in [-0.25, -0.2) is 9.78 Å². The van der Waals surface area contributed by atoms with Crippen LogP contribution in [-0.4, -0.2) is 42.1 Å². The van der Waals surface area contributed by atoms with E-state index < -0.39 is 0 Å². The zero-order valence-corrected chi connectivity index (χ0v) is 12.8. The SMILES string of the molecule is O=C(Nc1ccc(Cl)cc1)N1CCN(c2ccccn2)CC1. The summed E-state index contributed by atoms with van der Waals surface area (Å²) >= 11 is 5.84. The Bertz CT molecular complexity index is 624. The standard InChI is InChI=1S/C16H17ClN4O/c17-13-4-6-14(7-5-13)19-16(22)21-11-9-20(10-12-21)15-3-1-2-8-18-15/h1-8H,9-12H2,(H,19,22). The van der Waals surface area contributed by atoms with Gasteiger partial charge in [0.25, 0.3) is 0 Å². The summed E-state index contributed by atoms with van der Waals surface area (Å²) in [6.45, 7) is 2.92. The van der Waals surface area contributed by atoms with Gasteiger partial charge >= 0.3 is 6.03 Å². The second kappa shape index (κ2) is 6.66. The Morgan fingerprint density at radius 3 is 2.41 bits per heavy atom. The Kier molecular flexibility index (Phi) is 4.44. The molecule has 1 fully saturated rings. The van der Waals surface area contributed by atoms with E-state index in [0.717, 1.165) is 24.6 Å². The van der Waals surface area contributed by atoms with Crippen LogP contribution in [-0.2, 0) is 0 Å². The van der Waals surface area contributed by atoms with Crippen molar-refractivity contribution in [2.75, 3.05) is 36.4 Å². The van der Waals surface area contributed by atoms with Gasteiger partial charge < -0.3 is 15.1 Å². The van der Waals surface area contributed by atoms with Crippen LogP contribution in [0.3, 0.4) is 0 Å². The third kappa shape index (κ3) is 3.49. The van der Waals surface area contributed by atoms with Crippen LogP contribution < -0.4 is 10.2 Å². The van der Waals surface area contributed by atoms with Crippen molar-refractivity contribution in [1.29, 1.82) is 0 Å². The van der Waals surface area contributed by atoms with Crippen LogP contribution in [0.25, 0.3) is 0 Å². The van der Waals surface area contributed by atoms with Crippen molar-refractivity contribution in [3.8, 4) is 0 Å². The molecule has 1 aliphatic rings. The fraction of sp³-hybridized carbons (Fsp3) is 0.250. The third-order valence-electron chi connectivity index (χ3n) is 3.64. The number of anilines is 2. The van der Waals surface area contributed by atoms with Crippen molar-refractivity contribution in [2.45, 2.75) is 0 Å². The molecule has 114 valence electrons. The number of nitrogens with zero attached hydrogens (tertiary/aromatic N) is 3. The van der Waals surface area contributed by atoms with E-state index in [9.17, 15) is 4.79 Å². The molecule has 0 unspecified atom stereocenters. The van der Waals surface area contributed by atoms with Crippen molar-refractivity contribution >= 4 is 29.1 Å². The van der Waals surface area contributed by atoms with Gasteiger partial charge in [0.05, 0.1) is 0 Å². The highest BCUT2D eigenvalue weighted by Gasteiger charge is 2.21. The first kappa shape index (κ1) is 14.7. The Morgan fingerprint density at radius 1 is 1.05 bits per heavy atom. The molecular weight excluding hydrogens is 300 g/mol. The number of aromatic nitrogens is 1. The van der Waals surface area contributed by atoms with Crippen LogP contribution in [0.15, 0.2) is 48.7 Å². The summed E-state index contributed by atoms with van der Waals surface area (Å²) in [4.78, 5) is 20.6. The maximum Gasteiger partial charge on any atom is 0.321 e. The number of piperazine rings is 1. The van der Waals surface area contributed by atoms with E-state index in [4.69, 9.17) is 11.6 Å². The number of carbonyl (C=O) groups is 1. The molecule has 1 aromatic carbocycles. The predicted octanol–water partition coefficient (Wildman–Crippen LogP) is 3.09. The van der Waals surface area contributed by atoms with E-state index in [2.05, 4.69) is 15.2 Å². The highest BCUT2D eigenvalue weighted by molar-refractivity contribution is 6.30. The zero-order valence-electron chi connectivity index (χ0n) is 12.1. The molecule has 2 aromatic rings. The molecule has 0 spiro atoms. The lowest BCUT2D eigenvalue weighted by Gasteiger charge is -2.35. The summed E-state index contributed by atoms with van der Waals surface area (Å²) in [6.07, 6.45) is 1.79. The quantitative estimate of drug-likeness (QED) is 0.926. The van der Waals surface area contributed by atoms with Crippen molar-refractivity contribution in [3.63, 3.8) is 0 Å². The van der Waals surface area contributed by atoms with Crippen molar-refractivity contribution in [1.82, 2.24) is 9.88 Å². The number of urea groups is 1. The first-order chi connectivity index (χ1) is 10.7. The van der Waals surface area contributed by atoms with Crippen molar-refractivity contribution < 1.29 is 4.79 Å². The molecule has 5 nitrogen and oxygen atoms in total. The molecule has 0 atom stereocenters. The number of amides is 2. The van der Waals surface area contributed by atoms with Crippen LogP contribution in [0, 0.1) is 0 Å². The smallest absolute Gasteiger partial charge is 0.321 e. The second-order valence-electron chi connectivity index (χ2n) is 5.10. The van der Waals surface area contributed by atoms with Gasteiger partial charge in [-0.3, -0.25) is 0 Å². The molecule has 3 rings (SSSR count). The van der Waals surface area contributed by atoms with E-state index in [1.54, 1.807) is 30.5 Å². The first-order valence-corrected chi connectivity index (χ1v) is 7.58. The van der Waals surface area contributed by atoms with Crippen LogP contribution >= 0.6 is 11.6 Å². The monoisotopic (exact) mass is 316 g/mol. The molecule has 22 heavy (non-hydrogen) atoms. The Labute approximate surface area is 134 Å². The summed E-state index contributed by atoms with van der Waals surface area (Å²) < 4.78 is 0. The van der Waals surface area contributed by atoms with Gasteiger partial charge in [0.1, 0.15) is 5.82 Å². The fourth-order valence-electron chi connectivity index (χ4n) is 2.42. The molecule has 1 saturated heterocycles. The van der Waals surface area contributed by atoms with Gasteiger partial charge in [-0.2, -0.15) is 0 Å². The van der Waals surface area contributed by atoms with E-state index in [1.165, 1.54) is 0 Å². The number of hydrogen-bond donors (Lipinski definition) is 1. The molecule has 1 N–H and O–H groups in total. The molecule has 1 aromatic heterocycles. The van der Waals surface area contributed by atoms with Crippen LogP contribution in [0.4, 0.5) is 16.3 Å². The first-order valence-electron chi connectivity index (χ1n) is 7.20. The number of hydrogen-bond acceptors (Lipinski definition) is 3. The van der Waals surface area contributed by atoms with Gasteiger partial charge in [0.2, 0.25) is 0 Å². The lowest BCUT2D eigenvalue weighted by Crippen LogP contribution is -2.50. The summed E-state index contributed by atoms with van der Waals surface area (Å²) in [6, 6.07) is 12.9. The average molecular weight is 317 g/mol. The molecule has 6 heteroatoms. The number of nitrogens with one attached hydrogen (secondary N) is 1. The molecule has 0 bridgehead atoms. The topological polar surface area (TPSA) is 48.5 Å². The van der Waals surface area contributed by atoms with Gasteiger partial charge in [-0.05, 0) is 36.4 Å². The summed E-state index contributed by atoms with van der Waals surface area (Å²) in [5, 5.41) is 3.54.